The van der Waals surface area contributed by atoms with Gasteiger partial charge in [0.2, 0.25) is 0 Å². The van der Waals surface area contributed by atoms with Gasteiger partial charge in [-0.3, -0.25) is 0 Å². The quantitative estimate of drug-likeness (QED) is 0.612. The summed E-state index contributed by atoms with van der Waals surface area (Å²) >= 11 is 0. The van der Waals surface area contributed by atoms with Gasteiger partial charge in [-0.1, -0.05) is 0 Å². The summed E-state index contributed by atoms with van der Waals surface area (Å²) in [5.41, 5.74) is 0. The fourth-order valence-electron chi connectivity index (χ4n) is 1.52. The van der Waals surface area contributed by atoms with Gasteiger partial charge in [-0.15, -0.1) is 0 Å². The molecule has 0 atom stereocenters. The Morgan fingerprint density at radius 2 is 1.82 bits per heavy atom. The third-order valence-electron chi connectivity index (χ3n) is 2.34. The Balaban J connectivity index is 1.67. The lowest BCUT2D eigenvalue weighted by molar-refractivity contribution is -0.0957. The van der Waals surface area contributed by atoms with Crippen LogP contribution in [-0.4, -0.2) is 31.1 Å². The molecule has 0 bridgehead atoms. The van der Waals surface area contributed by atoms with Crippen molar-refractivity contribution in [2.75, 3.05) is 13.1 Å². The molecule has 1 saturated heterocycles. The highest BCUT2D eigenvalue weighted by molar-refractivity contribution is 4.95. The van der Waals surface area contributed by atoms with Crippen molar-refractivity contribution in [1.82, 2.24) is 10.6 Å². The van der Waals surface area contributed by atoms with E-state index in [1.807, 2.05) is 0 Å². The van der Waals surface area contributed by atoms with E-state index < -0.39 is 5.92 Å². The van der Waals surface area contributed by atoms with E-state index in [1.54, 1.807) is 0 Å². The van der Waals surface area contributed by atoms with Crippen molar-refractivity contribution in [3.63, 3.8) is 0 Å². The molecule has 0 aromatic heterocycles. The molecule has 1 heterocycles. The molecule has 4 heteroatoms. The van der Waals surface area contributed by atoms with Crippen molar-refractivity contribution in [2.24, 2.45) is 0 Å². The molecule has 64 valence electrons. The van der Waals surface area contributed by atoms with Crippen LogP contribution in [0.3, 0.4) is 0 Å². The van der Waals surface area contributed by atoms with Gasteiger partial charge in [0.1, 0.15) is 0 Å². The van der Waals surface area contributed by atoms with Gasteiger partial charge in [-0.2, -0.15) is 0 Å². The molecule has 1 aliphatic carbocycles. The first-order chi connectivity index (χ1) is 5.16. The molecule has 0 spiro atoms. The zero-order valence-electron chi connectivity index (χ0n) is 6.24. The fraction of sp³-hybridized carbons (Fsp3) is 1.00. The zero-order valence-corrected chi connectivity index (χ0v) is 6.24. The number of alkyl halides is 2. The normalized spacial score (nSPS) is 31.1. The predicted octanol–water partition coefficient (Wildman–Crippen LogP) is 0.345. The average Bonchev–Trinajstić information content (AvgIpc) is 1.73. The third-order valence-corrected chi connectivity index (χ3v) is 2.34. The fourth-order valence-corrected chi connectivity index (χ4v) is 1.52. The van der Waals surface area contributed by atoms with E-state index in [0.717, 1.165) is 13.1 Å². The Kier molecular flexibility index (Phi) is 1.61. The van der Waals surface area contributed by atoms with E-state index >= 15 is 0 Å². The van der Waals surface area contributed by atoms with E-state index in [4.69, 9.17) is 0 Å². The van der Waals surface area contributed by atoms with Crippen LogP contribution in [0.5, 0.6) is 0 Å². The summed E-state index contributed by atoms with van der Waals surface area (Å²) in [5.74, 6) is -2.38. The van der Waals surface area contributed by atoms with E-state index in [-0.39, 0.29) is 18.9 Å². The highest BCUT2D eigenvalue weighted by atomic mass is 19.3. The van der Waals surface area contributed by atoms with Crippen molar-refractivity contribution in [2.45, 2.75) is 30.8 Å². The molecule has 0 aromatic rings. The van der Waals surface area contributed by atoms with E-state index in [0.29, 0.717) is 6.04 Å². The molecule has 2 nitrogen and oxygen atoms in total. The summed E-state index contributed by atoms with van der Waals surface area (Å²) in [7, 11) is 0. The maximum Gasteiger partial charge on any atom is 0.251 e. The minimum atomic E-state index is -2.38. The highest BCUT2D eigenvalue weighted by Gasteiger charge is 2.45. The highest BCUT2D eigenvalue weighted by Crippen LogP contribution is 2.37. The molecule has 1 aliphatic heterocycles. The van der Waals surface area contributed by atoms with Crippen LogP contribution in [0.25, 0.3) is 0 Å². The lowest BCUT2D eigenvalue weighted by Crippen LogP contribution is -2.62. The maximum absolute atomic E-state index is 12.3. The Hall–Kier alpha value is -0.220. The lowest BCUT2D eigenvalue weighted by atomic mass is 9.87. The Bertz CT molecular complexity index is 149. The van der Waals surface area contributed by atoms with Crippen LogP contribution in [0, 0.1) is 0 Å². The van der Waals surface area contributed by atoms with Crippen LogP contribution in [0.4, 0.5) is 8.78 Å². The monoisotopic (exact) mass is 162 g/mol. The first kappa shape index (κ1) is 7.43. The van der Waals surface area contributed by atoms with Crippen LogP contribution in [-0.2, 0) is 0 Å². The summed E-state index contributed by atoms with van der Waals surface area (Å²) in [5, 5.41) is 6.25. The first-order valence-corrected chi connectivity index (χ1v) is 4.00. The second kappa shape index (κ2) is 2.38. The van der Waals surface area contributed by atoms with Crippen molar-refractivity contribution < 1.29 is 8.78 Å². The molecule has 11 heavy (non-hydrogen) atoms. The van der Waals surface area contributed by atoms with Crippen LogP contribution in [0.2, 0.25) is 0 Å². The zero-order chi connectivity index (χ0) is 7.90. The summed E-state index contributed by atoms with van der Waals surface area (Å²) < 4.78 is 24.6. The molecule has 0 unspecified atom stereocenters. The summed E-state index contributed by atoms with van der Waals surface area (Å²) in [6.45, 7) is 1.87. The molecule has 0 radical (unpaired) electrons. The minimum absolute atomic E-state index is 0.0313. The van der Waals surface area contributed by atoms with Crippen molar-refractivity contribution >= 4 is 0 Å². The van der Waals surface area contributed by atoms with Crippen molar-refractivity contribution in [3.05, 3.63) is 0 Å². The maximum atomic E-state index is 12.3. The Labute approximate surface area is 64.3 Å². The molecule has 2 aliphatic rings. The summed E-state index contributed by atoms with van der Waals surface area (Å²) in [6, 6.07) is 0.508. The average molecular weight is 162 g/mol. The first-order valence-electron chi connectivity index (χ1n) is 4.00. The van der Waals surface area contributed by atoms with Gasteiger partial charge in [0, 0.05) is 38.0 Å². The van der Waals surface area contributed by atoms with Gasteiger partial charge in [-0.05, 0) is 0 Å². The smallest absolute Gasteiger partial charge is 0.251 e. The topological polar surface area (TPSA) is 24.1 Å². The third kappa shape index (κ3) is 1.51. The summed E-state index contributed by atoms with van der Waals surface area (Å²) in [4.78, 5) is 0. The number of hydrogen-bond acceptors (Lipinski definition) is 2. The standard InChI is InChI=1S/C7H12F2N2/c8-7(9)1-5(2-7)11-6-3-10-4-6/h5-6,10-11H,1-4H2. The second-order valence-corrected chi connectivity index (χ2v) is 3.48. The predicted molar refractivity (Wildman–Crippen MR) is 37.8 cm³/mol. The second-order valence-electron chi connectivity index (χ2n) is 3.48. The van der Waals surface area contributed by atoms with Crippen molar-refractivity contribution in [1.29, 1.82) is 0 Å². The van der Waals surface area contributed by atoms with Gasteiger partial charge in [0.25, 0.3) is 5.92 Å². The number of rotatable bonds is 2. The SMILES string of the molecule is FC1(F)CC(NC2CNC2)C1. The molecule has 0 amide bonds. The lowest BCUT2D eigenvalue weighted by Gasteiger charge is -2.40. The van der Waals surface area contributed by atoms with Gasteiger partial charge >= 0.3 is 0 Å². The van der Waals surface area contributed by atoms with Gasteiger partial charge in [-0.25, -0.2) is 8.78 Å². The Morgan fingerprint density at radius 3 is 2.18 bits per heavy atom. The van der Waals surface area contributed by atoms with Gasteiger partial charge < -0.3 is 10.6 Å². The van der Waals surface area contributed by atoms with E-state index in [1.165, 1.54) is 0 Å². The largest absolute Gasteiger partial charge is 0.314 e. The van der Waals surface area contributed by atoms with Crippen molar-refractivity contribution in [3.8, 4) is 0 Å². The van der Waals surface area contributed by atoms with E-state index in [2.05, 4.69) is 10.6 Å². The van der Waals surface area contributed by atoms with Crippen LogP contribution >= 0.6 is 0 Å². The van der Waals surface area contributed by atoms with Crippen LogP contribution < -0.4 is 10.6 Å². The molecule has 2 rings (SSSR count). The minimum Gasteiger partial charge on any atom is -0.314 e. The number of nitrogens with one attached hydrogen (secondary N) is 2. The Morgan fingerprint density at radius 1 is 1.18 bits per heavy atom. The molecule has 1 saturated carbocycles. The van der Waals surface area contributed by atoms with Gasteiger partial charge in [0.05, 0.1) is 0 Å². The number of hydrogen-bond donors (Lipinski definition) is 2. The molecule has 0 aromatic carbocycles. The molecular formula is C7H12F2N2. The van der Waals surface area contributed by atoms with Crippen LogP contribution in [0.1, 0.15) is 12.8 Å². The van der Waals surface area contributed by atoms with Gasteiger partial charge in [0.15, 0.2) is 0 Å². The molecule has 2 N–H and O–H groups in total. The number of halogens is 2. The molecule has 2 fully saturated rings. The summed E-state index contributed by atoms with van der Waals surface area (Å²) in [6.07, 6.45) is 0.0625. The van der Waals surface area contributed by atoms with E-state index in [9.17, 15) is 8.78 Å². The van der Waals surface area contributed by atoms with Crippen LogP contribution in [0.15, 0.2) is 0 Å². The molecular weight excluding hydrogens is 150 g/mol.